The van der Waals surface area contributed by atoms with E-state index in [0.29, 0.717) is 5.13 Å². The number of benzene rings is 2. The summed E-state index contributed by atoms with van der Waals surface area (Å²) in [4.78, 5) is 9.44. The van der Waals surface area contributed by atoms with Gasteiger partial charge in [-0.1, -0.05) is 17.4 Å². The van der Waals surface area contributed by atoms with Crippen LogP contribution in [0.15, 0.2) is 36.5 Å². The molecule has 126 valence electrons. The first kappa shape index (κ1) is 14.2. The largest absolute Gasteiger partial charge is 0.375 e. The summed E-state index contributed by atoms with van der Waals surface area (Å²) >= 11 is 1.53. The van der Waals surface area contributed by atoms with Crippen LogP contribution < -0.4 is 5.73 Å². The number of rotatable bonds is 1. The average molecular weight is 357 g/mol. The fraction of sp³-hybridized carbons (Fsp3) is 0.150. The van der Waals surface area contributed by atoms with Gasteiger partial charge in [-0.25, -0.2) is 9.97 Å². The van der Waals surface area contributed by atoms with Crippen molar-refractivity contribution in [2.24, 2.45) is 0 Å². The van der Waals surface area contributed by atoms with Crippen LogP contribution in [0.5, 0.6) is 0 Å². The zero-order valence-corrected chi connectivity index (χ0v) is 14.7. The van der Waals surface area contributed by atoms with E-state index in [1.165, 1.54) is 39.7 Å². The monoisotopic (exact) mass is 357 g/mol. The number of hydrogen-bond acceptors (Lipinski definition) is 5. The van der Waals surface area contributed by atoms with Crippen LogP contribution in [0.1, 0.15) is 17.5 Å². The molecular weight excluding hydrogens is 342 g/mol. The Kier molecular flexibility index (Phi) is 2.74. The molecule has 1 aliphatic carbocycles. The number of hydrogen-bond donors (Lipinski definition) is 2. The molecule has 1 aliphatic rings. The lowest BCUT2D eigenvalue weighted by Crippen LogP contribution is -1.96. The molecule has 0 unspecified atom stereocenters. The summed E-state index contributed by atoms with van der Waals surface area (Å²) in [6.07, 6.45) is 5.27. The zero-order chi connectivity index (χ0) is 17.3. The van der Waals surface area contributed by atoms with Crippen molar-refractivity contribution in [3.05, 3.63) is 47.7 Å². The second-order valence-electron chi connectivity index (χ2n) is 6.80. The lowest BCUT2D eigenvalue weighted by atomic mass is 9.97. The molecule has 0 radical (unpaired) electrons. The van der Waals surface area contributed by atoms with E-state index in [-0.39, 0.29) is 0 Å². The molecular formula is C20H15N5S. The SMILES string of the molecule is Nc1nc2ccc(-c3nc4ccc5[nH]ncc5c4c4c3CCC4)cc2s1. The summed E-state index contributed by atoms with van der Waals surface area (Å²) in [6.45, 7) is 0. The number of anilines is 1. The van der Waals surface area contributed by atoms with Gasteiger partial charge >= 0.3 is 0 Å². The highest BCUT2D eigenvalue weighted by Crippen LogP contribution is 2.39. The lowest BCUT2D eigenvalue weighted by Gasteiger charge is -2.12. The number of fused-ring (bicyclic) bond motifs is 6. The van der Waals surface area contributed by atoms with Crippen LogP contribution in [0.25, 0.3) is 43.3 Å². The van der Waals surface area contributed by atoms with E-state index in [9.17, 15) is 0 Å². The molecule has 26 heavy (non-hydrogen) atoms. The van der Waals surface area contributed by atoms with Crippen molar-refractivity contribution in [3.63, 3.8) is 0 Å². The predicted octanol–water partition coefficient (Wildman–Crippen LogP) is 4.46. The molecule has 0 bridgehead atoms. The molecule has 6 heteroatoms. The maximum Gasteiger partial charge on any atom is 0.181 e. The van der Waals surface area contributed by atoms with Gasteiger partial charge in [0.25, 0.3) is 0 Å². The lowest BCUT2D eigenvalue weighted by molar-refractivity contribution is 0.913. The van der Waals surface area contributed by atoms with Gasteiger partial charge in [0.1, 0.15) is 0 Å². The number of aryl methyl sites for hydroxylation is 1. The van der Waals surface area contributed by atoms with E-state index in [1.54, 1.807) is 0 Å². The highest BCUT2D eigenvalue weighted by atomic mass is 32.1. The fourth-order valence-corrected chi connectivity index (χ4v) is 4.99. The van der Waals surface area contributed by atoms with E-state index in [1.807, 2.05) is 12.3 Å². The molecule has 5 nitrogen and oxygen atoms in total. The van der Waals surface area contributed by atoms with Gasteiger partial charge in [-0.15, -0.1) is 0 Å². The fourth-order valence-electron chi connectivity index (χ4n) is 4.21. The van der Waals surface area contributed by atoms with E-state index in [2.05, 4.69) is 39.4 Å². The molecule has 3 aromatic heterocycles. The Hall–Kier alpha value is -2.99. The molecule has 3 N–H and O–H groups in total. The molecule has 0 atom stereocenters. The Balaban J connectivity index is 1.69. The number of nitrogens with zero attached hydrogens (tertiary/aromatic N) is 3. The Morgan fingerprint density at radius 3 is 2.85 bits per heavy atom. The number of pyridine rings is 1. The smallest absolute Gasteiger partial charge is 0.181 e. The first-order chi connectivity index (χ1) is 12.8. The molecule has 0 aliphatic heterocycles. The summed E-state index contributed by atoms with van der Waals surface area (Å²) in [5, 5.41) is 10.3. The Labute approximate surface area is 152 Å². The van der Waals surface area contributed by atoms with Crippen molar-refractivity contribution in [1.29, 1.82) is 0 Å². The second-order valence-corrected chi connectivity index (χ2v) is 7.86. The minimum Gasteiger partial charge on any atom is -0.375 e. The van der Waals surface area contributed by atoms with Gasteiger partial charge in [-0.05, 0) is 54.7 Å². The van der Waals surface area contributed by atoms with Gasteiger partial charge in [0.15, 0.2) is 5.13 Å². The number of aromatic amines is 1. The maximum absolute atomic E-state index is 5.87. The van der Waals surface area contributed by atoms with Gasteiger partial charge in [0.05, 0.1) is 33.1 Å². The van der Waals surface area contributed by atoms with Crippen LogP contribution in [-0.2, 0) is 12.8 Å². The van der Waals surface area contributed by atoms with E-state index >= 15 is 0 Å². The quantitative estimate of drug-likeness (QED) is 0.464. The molecule has 0 fully saturated rings. The van der Waals surface area contributed by atoms with Gasteiger partial charge in [0.2, 0.25) is 0 Å². The second kappa shape index (κ2) is 5.02. The van der Waals surface area contributed by atoms with Gasteiger partial charge in [0, 0.05) is 16.3 Å². The number of aromatic nitrogens is 4. The van der Waals surface area contributed by atoms with Crippen LogP contribution in [-0.4, -0.2) is 20.2 Å². The summed E-state index contributed by atoms with van der Waals surface area (Å²) < 4.78 is 1.11. The summed E-state index contributed by atoms with van der Waals surface area (Å²) in [5.41, 5.74) is 14.0. The number of nitrogens with two attached hydrogens (primary N) is 1. The minimum absolute atomic E-state index is 0.608. The summed E-state index contributed by atoms with van der Waals surface area (Å²) in [7, 11) is 0. The molecule has 2 aromatic carbocycles. The Morgan fingerprint density at radius 1 is 1.00 bits per heavy atom. The van der Waals surface area contributed by atoms with Crippen molar-refractivity contribution in [2.45, 2.75) is 19.3 Å². The topological polar surface area (TPSA) is 80.5 Å². The summed E-state index contributed by atoms with van der Waals surface area (Å²) in [5.74, 6) is 0. The normalized spacial score (nSPS) is 13.8. The van der Waals surface area contributed by atoms with Gasteiger partial charge in [-0.3, -0.25) is 5.10 Å². The van der Waals surface area contributed by atoms with E-state index in [4.69, 9.17) is 10.7 Å². The van der Waals surface area contributed by atoms with Gasteiger partial charge < -0.3 is 5.73 Å². The third kappa shape index (κ3) is 1.87. The first-order valence-corrected chi connectivity index (χ1v) is 9.53. The molecule has 6 rings (SSSR count). The standard InChI is InChI=1S/C20H15N5S/c21-20-24-15-5-4-10(8-17(15)26-20)19-12-3-1-2-11(12)18-13-9-22-25-14(13)6-7-16(18)23-19/h4-9H,1-3H2,(H2,21,24)(H,22,25). The number of thiazole rings is 1. The molecule has 0 saturated heterocycles. The zero-order valence-electron chi connectivity index (χ0n) is 13.9. The molecule has 5 aromatic rings. The van der Waals surface area contributed by atoms with Crippen molar-refractivity contribution < 1.29 is 0 Å². The molecule has 0 amide bonds. The van der Waals surface area contributed by atoms with Gasteiger partial charge in [-0.2, -0.15) is 5.10 Å². The van der Waals surface area contributed by atoms with Crippen LogP contribution in [0, 0.1) is 0 Å². The Morgan fingerprint density at radius 2 is 1.88 bits per heavy atom. The van der Waals surface area contributed by atoms with Crippen LogP contribution in [0.4, 0.5) is 5.13 Å². The minimum atomic E-state index is 0.608. The number of H-pyrrole nitrogens is 1. The molecule has 3 heterocycles. The van der Waals surface area contributed by atoms with Crippen molar-refractivity contribution in [2.75, 3.05) is 5.73 Å². The third-order valence-electron chi connectivity index (χ3n) is 5.32. The number of nitrogen functional groups attached to an aromatic ring is 1. The summed E-state index contributed by atoms with van der Waals surface area (Å²) in [6, 6.07) is 10.5. The Bertz CT molecular complexity index is 1330. The highest BCUT2D eigenvalue weighted by molar-refractivity contribution is 7.22. The maximum atomic E-state index is 5.87. The van der Waals surface area contributed by atoms with Crippen LogP contribution in [0.3, 0.4) is 0 Å². The van der Waals surface area contributed by atoms with Crippen LogP contribution in [0.2, 0.25) is 0 Å². The van der Waals surface area contributed by atoms with E-state index in [0.717, 1.165) is 45.3 Å². The van der Waals surface area contributed by atoms with E-state index < -0.39 is 0 Å². The highest BCUT2D eigenvalue weighted by Gasteiger charge is 2.22. The van der Waals surface area contributed by atoms with Crippen molar-refractivity contribution in [3.8, 4) is 11.3 Å². The predicted molar refractivity (Wildman–Crippen MR) is 106 cm³/mol. The molecule has 0 spiro atoms. The first-order valence-electron chi connectivity index (χ1n) is 8.72. The third-order valence-corrected chi connectivity index (χ3v) is 6.17. The average Bonchev–Trinajstić information content (AvgIpc) is 3.37. The number of nitrogens with one attached hydrogen (secondary N) is 1. The van der Waals surface area contributed by atoms with Crippen molar-refractivity contribution in [1.82, 2.24) is 20.2 Å². The van der Waals surface area contributed by atoms with Crippen molar-refractivity contribution >= 4 is 48.5 Å². The molecule has 0 saturated carbocycles. The van der Waals surface area contributed by atoms with Crippen LogP contribution >= 0.6 is 11.3 Å².